The van der Waals surface area contributed by atoms with Crippen LogP contribution < -0.4 is 19.7 Å². The highest BCUT2D eigenvalue weighted by molar-refractivity contribution is 6.00. The number of nitrogens with one attached hydrogen (secondary N) is 1. The fourth-order valence-electron chi connectivity index (χ4n) is 3.47. The van der Waals surface area contributed by atoms with Crippen LogP contribution in [0.5, 0.6) is 11.5 Å². The van der Waals surface area contributed by atoms with Gasteiger partial charge in [0.25, 0.3) is 0 Å². The van der Waals surface area contributed by atoms with Gasteiger partial charge in [0.2, 0.25) is 11.8 Å². The summed E-state index contributed by atoms with van der Waals surface area (Å²) >= 11 is 0. The second-order valence-electron chi connectivity index (χ2n) is 6.31. The molecule has 0 aromatic heterocycles. The molecule has 3 heterocycles. The maximum absolute atomic E-state index is 12.6. The third-order valence-electron chi connectivity index (χ3n) is 4.74. The van der Waals surface area contributed by atoms with E-state index in [1.807, 2.05) is 23.1 Å². The Morgan fingerprint density at radius 3 is 2.67 bits per heavy atom. The van der Waals surface area contributed by atoms with E-state index in [4.69, 9.17) is 9.47 Å². The number of carbonyl (C=O) groups excluding carboxylic acids is 2. The predicted octanol–water partition coefficient (Wildman–Crippen LogP) is 0.243. The van der Waals surface area contributed by atoms with Gasteiger partial charge in [-0.05, 0) is 12.1 Å². The molecular formula is C17H21N3O4. The van der Waals surface area contributed by atoms with Crippen molar-refractivity contribution in [2.24, 2.45) is 5.92 Å². The molecule has 1 N–H and O–H groups in total. The lowest BCUT2D eigenvalue weighted by molar-refractivity contribution is -0.136. The minimum absolute atomic E-state index is 0.0137. The summed E-state index contributed by atoms with van der Waals surface area (Å²) in [6.45, 7) is 4.55. The number of amides is 2. The molecular weight excluding hydrogens is 310 g/mol. The molecule has 0 spiro atoms. The van der Waals surface area contributed by atoms with Crippen LogP contribution in [0.3, 0.4) is 0 Å². The lowest BCUT2D eigenvalue weighted by atomic mass is 10.1. The van der Waals surface area contributed by atoms with E-state index in [9.17, 15) is 9.59 Å². The first kappa shape index (κ1) is 15.3. The van der Waals surface area contributed by atoms with E-state index in [1.165, 1.54) is 0 Å². The molecule has 0 radical (unpaired) electrons. The van der Waals surface area contributed by atoms with Crippen molar-refractivity contribution < 1.29 is 19.1 Å². The van der Waals surface area contributed by atoms with Gasteiger partial charge in [-0.15, -0.1) is 0 Å². The van der Waals surface area contributed by atoms with E-state index < -0.39 is 0 Å². The van der Waals surface area contributed by atoms with E-state index in [2.05, 4.69) is 5.32 Å². The van der Waals surface area contributed by atoms with Crippen molar-refractivity contribution >= 4 is 17.5 Å². The topological polar surface area (TPSA) is 71.1 Å². The Morgan fingerprint density at radius 2 is 1.88 bits per heavy atom. The van der Waals surface area contributed by atoms with Crippen LogP contribution in [0.1, 0.15) is 6.42 Å². The molecule has 0 aliphatic carbocycles. The zero-order chi connectivity index (χ0) is 16.5. The Bertz CT molecular complexity index is 657. The highest BCUT2D eigenvalue weighted by Crippen LogP contribution is 2.36. The number of carbonyl (C=O) groups is 2. The monoisotopic (exact) mass is 331 g/mol. The molecule has 2 fully saturated rings. The number of nitrogens with zero attached hydrogens (tertiary/aromatic N) is 2. The number of rotatable bonds is 2. The molecule has 7 heteroatoms. The van der Waals surface area contributed by atoms with Crippen LogP contribution in [-0.4, -0.2) is 62.7 Å². The molecule has 4 rings (SSSR count). The maximum atomic E-state index is 12.6. The van der Waals surface area contributed by atoms with Crippen LogP contribution in [0.2, 0.25) is 0 Å². The van der Waals surface area contributed by atoms with Gasteiger partial charge in [-0.3, -0.25) is 9.59 Å². The van der Waals surface area contributed by atoms with E-state index >= 15 is 0 Å². The average Bonchev–Trinajstić information content (AvgIpc) is 3.03. The molecule has 3 aliphatic rings. The van der Waals surface area contributed by atoms with Crippen molar-refractivity contribution in [2.75, 3.05) is 50.8 Å². The van der Waals surface area contributed by atoms with E-state index in [0.29, 0.717) is 44.3 Å². The number of anilines is 1. The molecule has 0 saturated carbocycles. The van der Waals surface area contributed by atoms with Gasteiger partial charge in [0.15, 0.2) is 11.5 Å². The van der Waals surface area contributed by atoms with E-state index in [0.717, 1.165) is 18.8 Å². The molecule has 2 saturated heterocycles. The Labute approximate surface area is 140 Å². The number of ether oxygens (including phenoxy) is 2. The SMILES string of the molecule is O=C(C1CC(=O)N(c2ccc3c(c2)OCCO3)C1)N1CCNCC1. The molecule has 24 heavy (non-hydrogen) atoms. The molecule has 1 aromatic rings. The minimum atomic E-state index is -0.260. The molecule has 2 amide bonds. The Balaban J connectivity index is 1.48. The van der Waals surface area contributed by atoms with Crippen molar-refractivity contribution in [3.8, 4) is 11.5 Å². The summed E-state index contributed by atoms with van der Waals surface area (Å²) in [7, 11) is 0. The molecule has 7 nitrogen and oxygen atoms in total. The molecule has 1 unspecified atom stereocenters. The van der Waals surface area contributed by atoms with Crippen LogP contribution in [0, 0.1) is 5.92 Å². The fraction of sp³-hybridized carbons (Fsp3) is 0.529. The first-order valence-corrected chi connectivity index (χ1v) is 8.42. The van der Waals surface area contributed by atoms with Crippen LogP contribution in [0.4, 0.5) is 5.69 Å². The lowest BCUT2D eigenvalue weighted by Gasteiger charge is -2.29. The van der Waals surface area contributed by atoms with Gasteiger partial charge in [0.1, 0.15) is 13.2 Å². The Hall–Kier alpha value is -2.28. The summed E-state index contributed by atoms with van der Waals surface area (Å²) in [5.41, 5.74) is 0.764. The predicted molar refractivity (Wildman–Crippen MR) is 87.3 cm³/mol. The number of hydrogen-bond donors (Lipinski definition) is 1. The Morgan fingerprint density at radius 1 is 1.12 bits per heavy atom. The number of benzene rings is 1. The van der Waals surface area contributed by atoms with E-state index in [1.54, 1.807) is 4.90 Å². The first-order valence-electron chi connectivity index (χ1n) is 8.42. The van der Waals surface area contributed by atoms with Gasteiger partial charge in [0, 0.05) is 50.9 Å². The smallest absolute Gasteiger partial charge is 0.228 e. The van der Waals surface area contributed by atoms with Crippen molar-refractivity contribution in [2.45, 2.75) is 6.42 Å². The fourth-order valence-corrected chi connectivity index (χ4v) is 3.47. The molecule has 128 valence electrons. The second kappa shape index (κ2) is 6.32. The first-order chi connectivity index (χ1) is 11.7. The maximum Gasteiger partial charge on any atom is 0.228 e. The number of piperazine rings is 1. The largest absolute Gasteiger partial charge is 0.486 e. The number of fused-ring (bicyclic) bond motifs is 1. The summed E-state index contributed by atoms with van der Waals surface area (Å²) < 4.78 is 11.1. The Kier molecular flexibility index (Phi) is 4.02. The molecule has 1 aromatic carbocycles. The van der Waals surface area contributed by atoms with Gasteiger partial charge in [-0.25, -0.2) is 0 Å². The quantitative estimate of drug-likeness (QED) is 0.841. The summed E-state index contributed by atoms with van der Waals surface area (Å²) in [5, 5.41) is 3.24. The number of hydrogen-bond acceptors (Lipinski definition) is 5. The van der Waals surface area contributed by atoms with Crippen molar-refractivity contribution in [1.29, 1.82) is 0 Å². The van der Waals surface area contributed by atoms with Crippen LogP contribution in [0.25, 0.3) is 0 Å². The van der Waals surface area contributed by atoms with E-state index in [-0.39, 0.29) is 24.2 Å². The zero-order valence-corrected chi connectivity index (χ0v) is 13.5. The van der Waals surface area contributed by atoms with Crippen LogP contribution in [-0.2, 0) is 9.59 Å². The second-order valence-corrected chi connectivity index (χ2v) is 6.31. The average molecular weight is 331 g/mol. The molecule has 3 aliphatic heterocycles. The van der Waals surface area contributed by atoms with Crippen LogP contribution in [0.15, 0.2) is 18.2 Å². The van der Waals surface area contributed by atoms with Gasteiger partial charge in [-0.2, -0.15) is 0 Å². The van der Waals surface area contributed by atoms with Crippen molar-refractivity contribution in [3.63, 3.8) is 0 Å². The normalized spacial score (nSPS) is 23.5. The van der Waals surface area contributed by atoms with Gasteiger partial charge < -0.3 is 24.6 Å². The lowest BCUT2D eigenvalue weighted by Crippen LogP contribution is -2.48. The summed E-state index contributed by atoms with van der Waals surface area (Å²) in [6, 6.07) is 5.50. The van der Waals surface area contributed by atoms with Gasteiger partial charge in [-0.1, -0.05) is 0 Å². The molecule has 0 bridgehead atoms. The minimum Gasteiger partial charge on any atom is -0.486 e. The highest BCUT2D eigenvalue weighted by Gasteiger charge is 2.37. The third-order valence-corrected chi connectivity index (χ3v) is 4.74. The summed E-state index contributed by atoms with van der Waals surface area (Å²) in [4.78, 5) is 28.6. The third kappa shape index (κ3) is 2.80. The van der Waals surface area contributed by atoms with Crippen LogP contribution >= 0.6 is 0 Å². The van der Waals surface area contributed by atoms with Crippen molar-refractivity contribution in [3.05, 3.63) is 18.2 Å². The highest BCUT2D eigenvalue weighted by atomic mass is 16.6. The van der Waals surface area contributed by atoms with Gasteiger partial charge in [0.05, 0.1) is 5.92 Å². The zero-order valence-electron chi connectivity index (χ0n) is 13.5. The summed E-state index contributed by atoms with van der Waals surface area (Å²) in [5.74, 6) is 1.17. The molecule has 1 atom stereocenters. The van der Waals surface area contributed by atoms with Gasteiger partial charge >= 0.3 is 0 Å². The summed E-state index contributed by atoms with van der Waals surface area (Å²) in [6.07, 6.45) is 0.275. The standard InChI is InChI=1S/C17H21N3O4/c21-16-9-12(17(22)19-5-3-18-4-6-19)11-20(16)13-1-2-14-15(10-13)24-8-7-23-14/h1-2,10,12,18H,3-9,11H2. The van der Waals surface area contributed by atoms with Crippen molar-refractivity contribution in [1.82, 2.24) is 10.2 Å².